The molecule has 1 nitrogen and oxygen atoms in total. The molecule has 0 aliphatic rings. The van der Waals surface area contributed by atoms with Crippen LogP contribution >= 0.6 is 0 Å². The number of hydrogen-bond donors (Lipinski definition) is 0. The maximum Gasteiger partial charge on any atom is 0.261 e. The predicted octanol–water partition coefficient (Wildman–Crippen LogP) is 2.76. The summed E-state index contributed by atoms with van der Waals surface area (Å²) in [6.45, 7) is 0.108. The zero-order valence-electron chi connectivity index (χ0n) is 5.71. The van der Waals surface area contributed by atoms with Crippen molar-refractivity contribution in [3.05, 3.63) is 35.9 Å². The summed E-state index contributed by atoms with van der Waals surface area (Å²) in [5.74, 6) is 0. The third-order valence-corrected chi connectivity index (χ3v) is 1.51. The second-order valence-corrected chi connectivity index (χ2v) is 2.62. The van der Waals surface area contributed by atoms with Crippen molar-refractivity contribution in [1.82, 2.24) is 0 Å². The topological polar surface area (TPSA) is 12.4 Å². The maximum absolute atomic E-state index is 11.6. The molecule has 0 bridgehead atoms. The number of nitrogens with zero attached hydrogens (tertiary/aromatic N) is 1. The Morgan fingerprint density at radius 1 is 1.18 bits per heavy atom. The van der Waals surface area contributed by atoms with Gasteiger partial charge >= 0.3 is 0 Å². The third-order valence-electron chi connectivity index (χ3n) is 1.19. The quantitative estimate of drug-likeness (QED) is 0.655. The second-order valence-electron chi connectivity index (χ2n) is 1.97. The molecule has 0 fully saturated rings. The normalized spacial score (nSPS) is 10.1. The van der Waals surface area contributed by atoms with Crippen LogP contribution in [-0.4, -0.2) is 0 Å². The van der Waals surface area contributed by atoms with Gasteiger partial charge in [-0.25, -0.2) is 4.36 Å². The Labute approximate surface area is 66.7 Å². The first-order chi connectivity index (χ1) is 5.29. The summed E-state index contributed by atoms with van der Waals surface area (Å²) in [6.07, 6.45) is 0. The van der Waals surface area contributed by atoms with Crippen LogP contribution in [0.2, 0.25) is 0 Å². The van der Waals surface area contributed by atoms with Crippen LogP contribution in [0.1, 0.15) is 5.56 Å². The molecule has 0 aliphatic carbocycles. The Hall–Kier alpha value is -0.770. The van der Waals surface area contributed by atoms with Gasteiger partial charge in [-0.05, 0) is 5.56 Å². The molecule has 0 aliphatic heterocycles. The van der Waals surface area contributed by atoms with Crippen LogP contribution in [0.15, 0.2) is 34.7 Å². The Morgan fingerprint density at radius 3 is 2.36 bits per heavy atom. The van der Waals surface area contributed by atoms with E-state index in [9.17, 15) is 7.77 Å². The van der Waals surface area contributed by atoms with Crippen molar-refractivity contribution in [2.45, 2.75) is 6.54 Å². The van der Waals surface area contributed by atoms with Gasteiger partial charge in [-0.1, -0.05) is 30.3 Å². The van der Waals surface area contributed by atoms with Gasteiger partial charge < -0.3 is 0 Å². The molecule has 0 unspecified atom stereocenters. The molecule has 0 saturated carbocycles. The molecule has 0 amide bonds. The Bertz CT molecular complexity index is 244. The zero-order valence-corrected chi connectivity index (χ0v) is 6.52. The molecule has 60 valence electrons. The van der Waals surface area contributed by atoms with Crippen molar-refractivity contribution >= 4 is 11.5 Å². The van der Waals surface area contributed by atoms with Crippen LogP contribution in [0.25, 0.3) is 0 Å². The maximum atomic E-state index is 11.6. The first-order valence-corrected chi connectivity index (χ1v) is 4.05. The van der Waals surface area contributed by atoms with Crippen molar-refractivity contribution in [3.63, 3.8) is 0 Å². The van der Waals surface area contributed by atoms with Crippen LogP contribution in [0.5, 0.6) is 0 Å². The molecule has 0 atom stereocenters. The second kappa shape index (κ2) is 4.18. The predicted molar refractivity (Wildman–Crippen MR) is 42.2 cm³/mol. The SMILES string of the molecule is FS(F)=NCc1ccccc1. The van der Waals surface area contributed by atoms with E-state index in [4.69, 9.17) is 0 Å². The molecule has 11 heavy (non-hydrogen) atoms. The van der Waals surface area contributed by atoms with Gasteiger partial charge in [0.25, 0.3) is 11.5 Å². The van der Waals surface area contributed by atoms with E-state index in [1.807, 2.05) is 6.07 Å². The first kappa shape index (κ1) is 8.33. The van der Waals surface area contributed by atoms with Crippen LogP contribution in [0.3, 0.4) is 0 Å². The monoisotopic (exact) mass is 175 g/mol. The minimum Gasteiger partial charge on any atom is -0.202 e. The minimum absolute atomic E-state index is 0.108. The third kappa shape index (κ3) is 3.23. The average molecular weight is 175 g/mol. The fourth-order valence-electron chi connectivity index (χ4n) is 0.707. The van der Waals surface area contributed by atoms with E-state index in [0.717, 1.165) is 5.56 Å². The molecule has 0 N–H and O–H groups in total. The molecule has 1 aromatic carbocycles. The largest absolute Gasteiger partial charge is 0.261 e. The Balaban J connectivity index is 2.59. The minimum atomic E-state index is -2.79. The van der Waals surface area contributed by atoms with E-state index in [1.165, 1.54) is 0 Å². The number of hydrogen-bond acceptors (Lipinski definition) is 1. The van der Waals surface area contributed by atoms with Gasteiger partial charge in [-0.2, -0.15) is 0 Å². The van der Waals surface area contributed by atoms with E-state index < -0.39 is 11.5 Å². The Morgan fingerprint density at radius 2 is 1.82 bits per heavy atom. The van der Waals surface area contributed by atoms with E-state index in [0.29, 0.717) is 0 Å². The van der Waals surface area contributed by atoms with Crippen LogP contribution < -0.4 is 0 Å². The lowest BCUT2D eigenvalue weighted by Crippen LogP contribution is -1.79. The smallest absolute Gasteiger partial charge is 0.202 e. The highest BCUT2D eigenvalue weighted by molar-refractivity contribution is 7.76. The summed E-state index contributed by atoms with van der Waals surface area (Å²) in [6, 6.07) is 9.00. The summed E-state index contributed by atoms with van der Waals surface area (Å²) in [5.41, 5.74) is 0.820. The fraction of sp³-hybridized carbons (Fsp3) is 0.143. The summed E-state index contributed by atoms with van der Waals surface area (Å²) in [4.78, 5) is 0. The van der Waals surface area contributed by atoms with Crippen LogP contribution in [-0.2, 0) is 18.0 Å². The van der Waals surface area contributed by atoms with Crippen LogP contribution in [0, 0.1) is 0 Å². The highest BCUT2D eigenvalue weighted by Crippen LogP contribution is 2.02. The number of halogens is 2. The summed E-state index contributed by atoms with van der Waals surface area (Å²) in [5, 5.41) is 0. The molecule has 4 heteroatoms. The highest BCUT2D eigenvalue weighted by Gasteiger charge is 1.89. The van der Waals surface area contributed by atoms with Crippen LogP contribution in [0.4, 0.5) is 7.77 Å². The van der Waals surface area contributed by atoms with E-state index in [-0.39, 0.29) is 6.54 Å². The number of rotatable bonds is 2. The van der Waals surface area contributed by atoms with Gasteiger partial charge in [0.15, 0.2) is 0 Å². The standard InChI is InChI=1S/C7H7F2NS/c8-11(9)10-6-7-4-2-1-3-5-7/h1-5H,6H2. The highest BCUT2D eigenvalue weighted by atomic mass is 32.2. The van der Waals surface area contributed by atoms with Gasteiger partial charge in [0, 0.05) is 0 Å². The van der Waals surface area contributed by atoms with Gasteiger partial charge in [-0.3, -0.25) is 0 Å². The van der Waals surface area contributed by atoms with Gasteiger partial charge in [0.1, 0.15) is 0 Å². The lowest BCUT2D eigenvalue weighted by atomic mass is 10.2. The molecule has 0 aromatic heterocycles. The van der Waals surface area contributed by atoms with E-state index in [1.54, 1.807) is 24.3 Å². The summed E-state index contributed by atoms with van der Waals surface area (Å²) >= 11 is -2.79. The molecule has 0 radical (unpaired) electrons. The molecule has 0 heterocycles. The number of benzene rings is 1. The van der Waals surface area contributed by atoms with E-state index >= 15 is 0 Å². The van der Waals surface area contributed by atoms with Crippen molar-refractivity contribution in [1.29, 1.82) is 0 Å². The molecule has 0 spiro atoms. The first-order valence-electron chi connectivity index (χ1n) is 3.07. The molecule has 1 rings (SSSR count). The van der Waals surface area contributed by atoms with Gasteiger partial charge in [-0.15, -0.1) is 7.77 Å². The lowest BCUT2D eigenvalue weighted by molar-refractivity contribution is 0.776. The Kier molecular flexibility index (Phi) is 3.16. The van der Waals surface area contributed by atoms with Crippen molar-refractivity contribution in [3.8, 4) is 0 Å². The molecule has 1 aromatic rings. The van der Waals surface area contributed by atoms with Gasteiger partial charge in [0.2, 0.25) is 0 Å². The van der Waals surface area contributed by atoms with Crippen molar-refractivity contribution in [2.24, 2.45) is 4.36 Å². The van der Waals surface area contributed by atoms with Crippen molar-refractivity contribution in [2.75, 3.05) is 0 Å². The van der Waals surface area contributed by atoms with E-state index in [2.05, 4.69) is 4.36 Å². The van der Waals surface area contributed by atoms with Gasteiger partial charge in [0.05, 0.1) is 6.54 Å². The summed E-state index contributed by atoms with van der Waals surface area (Å²) < 4.78 is 26.3. The zero-order chi connectivity index (χ0) is 8.10. The average Bonchev–Trinajstić information content (AvgIpc) is 2.03. The summed E-state index contributed by atoms with van der Waals surface area (Å²) in [7, 11) is 0. The molecule has 0 saturated heterocycles. The molecular formula is C7H7F2NS. The molecular weight excluding hydrogens is 168 g/mol. The lowest BCUT2D eigenvalue weighted by Gasteiger charge is -1.91. The fourth-order valence-corrected chi connectivity index (χ4v) is 0.953. The van der Waals surface area contributed by atoms with Crippen molar-refractivity contribution < 1.29 is 7.77 Å².